The molecule has 7 nitrogen and oxygen atoms in total. The number of amides is 1. The number of carbonyl (C=O) groups is 2. The Labute approximate surface area is 188 Å². The predicted octanol–water partition coefficient (Wildman–Crippen LogP) is 3.96. The molecule has 2 aliphatic heterocycles. The Hall–Kier alpha value is -4.04. The number of anilines is 1. The van der Waals surface area contributed by atoms with Crippen molar-refractivity contribution in [2.75, 3.05) is 11.7 Å². The fourth-order valence-corrected chi connectivity index (χ4v) is 4.24. The van der Waals surface area contributed by atoms with E-state index in [2.05, 4.69) is 5.16 Å². The number of nitrogens with zero attached hydrogens (tertiary/aromatic N) is 2. The van der Waals surface area contributed by atoms with Gasteiger partial charge in [-0.1, -0.05) is 29.4 Å². The number of benzene rings is 3. The topological polar surface area (TPSA) is 88.4 Å². The van der Waals surface area contributed by atoms with Crippen LogP contribution in [0.25, 0.3) is 0 Å². The number of hydrogen-bond donors (Lipinski definition) is 1. The highest BCUT2D eigenvalue weighted by molar-refractivity contribution is 6.54. The predicted molar refractivity (Wildman–Crippen MR) is 117 cm³/mol. The van der Waals surface area contributed by atoms with Gasteiger partial charge >= 0.3 is 0 Å². The van der Waals surface area contributed by atoms with E-state index in [1.807, 2.05) is 19.1 Å². The van der Waals surface area contributed by atoms with Gasteiger partial charge in [0.2, 0.25) is 0 Å². The summed E-state index contributed by atoms with van der Waals surface area (Å²) in [5.74, 6) is -0.762. The Morgan fingerprint density at radius 1 is 1.18 bits per heavy atom. The molecule has 2 aliphatic rings. The summed E-state index contributed by atoms with van der Waals surface area (Å²) < 4.78 is 25.0. The third-order valence-corrected chi connectivity index (χ3v) is 5.82. The molecule has 0 aromatic heterocycles. The molecule has 0 fully saturated rings. The van der Waals surface area contributed by atoms with Gasteiger partial charge in [-0.05, 0) is 42.8 Å². The number of ketones is 1. The number of ether oxygens (including phenoxy) is 2. The molecule has 0 radical (unpaired) electrons. The third kappa shape index (κ3) is 3.54. The van der Waals surface area contributed by atoms with Crippen molar-refractivity contribution >= 4 is 23.1 Å². The highest BCUT2D eigenvalue weighted by Crippen LogP contribution is 2.36. The van der Waals surface area contributed by atoms with E-state index in [1.165, 1.54) is 17.0 Å². The molecule has 0 bridgehead atoms. The summed E-state index contributed by atoms with van der Waals surface area (Å²) in [6.07, 6.45) is 0. The second-order valence-corrected chi connectivity index (χ2v) is 7.88. The molecule has 0 spiro atoms. The maximum absolute atomic E-state index is 14.2. The van der Waals surface area contributed by atoms with Gasteiger partial charge in [-0.2, -0.15) is 0 Å². The van der Waals surface area contributed by atoms with Gasteiger partial charge in [0.05, 0.1) is 18.8 Å². The second kappa shape index (κ2) is 8.14. The highest BCUT2D eigenvalue weighted by Gasteiger charge is 2.36. The first-order chi connectivity index (χ1) is 16.0. The van der Waals surface area contributed by atoms with E-state index in [1.54, 1.807) is 30.3 Å². The molecular formula is C25H19FN2O5. The molecule has 1 N–H and O–H groups in total. The molecule has 1 amide bonds. The molecule has 166 valence electrons. The molecule has 0 saturated heterocycles. The Kier molecular flexibility index (Phi) is 5.14. The minimum atomic E-state index is -0.557. The first-order valence-corrected chi connectivity index (χ1v) is 10.3. The lowest BCUT2D eigenvalue weighted by atomic mass is 9.97. The fraction of sp³-hybridized carbons (Fsp3) is 0.160. The lowest BCUT2D eigenvalue weighted by Gasteiger charge is -2.24. The van der Waals surface area contributed by atoms with Crippen molar-refractivity contribution in [3.63, 3.8) is 0 Å². The molecule has 5 rings (SSSR count). The van der Waals surface area contributed by atoms with Crippen LogP contribution >= 0.6 is 0 Å². The number of aryl methyl sites for hydroxylation is 1. The monoisotopic (exact) mass is 446 g/mol. The van der Waals surface area contributed by atoms with Crippen molar-refractivity contribution in [2.45, 2.75) is 20.1 Å². The molecule has 3 aromatic rings. The van der Waals surface area contributed by atoms with Crippen LogP contribution in [0.4, 0.5) is 10.1 Å². The largest absolute Gasteiger partial charge is 0.467 e. The number of carbonyl (C=O) groups excluding carboxylic acids is 2. The summed E-state index contributed by atoms with van der Waals surface area (Å²) in [6.45, 7) is 2.08. The van der Waals surface area contributed by atoms with Crippen LogP contribution in [0.3, 0.4) is 0 Å². The van der Waals surface area contributed by atoms with Gasteiger partial charge in [-0.15, -0.1) is 0 Å². The molecule has 3 aromatic carbocycles. The van der Waals surface area contributed by atoms with E-state index in [9.17, 15) is 19.2 Å². The van der Waals surface area contributed by atoms with Gasteiger partial charge in [0.25, 0.3) is 5.91 Å². The van der Waals surface area contributed by atoms with Crippen LogP contribution in [0.5, 0.6) is 5.75 Å². The minimum absolute atomic E-state index is 0.00394. The summed E-state index contributed by atoms with van der Waals surface area (Å²) in [5.41, 5.74) is 3.37. The van der Waals surface area contributed by atoms with E-state index in [0.717, 1.165) is 5.56 Å². The summed E-state index contributed by atoms with van der Waals surface area (Å²) in [6, 6.07) is 14.7. The van der Waals surface area contributed by atoms with Crippen LogP contribution in [-0.2, 0) is 22.7 Å². The quantitative estimate of drug-likeness (QED) is 0.372. The molecule has 0 unspecified atom stereocenters. The number of oxime groups is 1. The van der Waals surface area contributed by atoms with E-state index in [0.29, 0.717) is 39.3 Å². The van der Waals surface area contributed by atoms with Crippen LogP contribution in [-0.4, -0.2) is 29.4 Å². The number of halogens is 1. The van der Waals surface area contributed by atoms with Crippen LogP contribution in [0, 0.1) is 12.7 Å². The summed E-state index contributed by atoms with van der Waals surface area (Å²) in [4.78, 5) is 27.5. The zero-order valence-electron chi connectivity index (χ0n) is 17.7. The Morgan fingerprint density at radius 2 is 2.00 bits per heavy atom. The standard InChI is InChI=1S/C25H19FN2O5/c1-14-4-2-3-5-19(14)23(29)15-6-7-21-20(10-15)22(27-31)25(30)28(21)11-16-8-18(26)9-17-12-32-13-33-24(16)17/h2-10,31H,11-13H2,1H3/b27-22+. The van der Waals surface area contributed by atoms with Gasteiger partial charge in [0.15, 0.2) is 18.3 Å². The SMILES string of the molecule is Cc1ccccc1C(=O)c1ccc2c(c1)/C(=N\O)C(=O)N2Cc1cc(F)cc2c1OCOC2. The van der Waals surface area contributed by atoms with Crippen molar-refractivity contribution in [2.24, 2.45) is 5.16 Å². The van der Waals surface area contributed by atoms with Crippen LogP contribution in [0.2, 0.25) is 0 Å². The van der Waals surface area contributed by atoms with E-state index >= 15 is 0 Å². The molecule has 0 aliphatic carbocycles. The smallest absolute Gasteiger partial charge is 0.281 e. The Balaban J connectivity index is 1.54. The van der Waals surface area contributed by atoms with Gasteiger partial charge in [0, 0.05) is 27.8 Å². The van der Waals surface area contributed by atoms with Crippen molar-refractivity contribution in [1.29, 1.82) is 0 Å². The van der Waals surface area contributed by atoms with Crippen LogP contribution in [0.15, 0.2) is 59.8 Å². The molecule has 2 heterocycles. The normalized spacial score (nSPS) is 15.9. The van der Waals surface area contributed by atoms with Crippen molar-refractivity contribution < 1.29 is 28.7 Å². The second-order valence-electron chi connectivity index (χ2n) is 7.88. The summed E-state index contributed by atoms with van der Waals surface area (Å²) in [7, 11) is 0. The Bertz CT molecular complexity index is 1330. The van der Waals surface area contributed by atoms with E-state index in [-0.39, 0.29) is 31.4 Å². The first-order valence-electron chi connectivity index (χ1n) is 10.3. The third-order valence-electron chi connectivity index (χ3n) is 5.82. The van der Waals surface area contributed by atoms with Gasteiger partial charge in [-0.3, -0.25) is 9.59 Å². The molecule has 8 heteroatoms. The summed E-state index contributed by atoms with van der Waals surface area (Å²) in [5, 5.41) is 12.7. The number of fused-ring (bicyclic) bond motifs is 2. The zero-order chi connectivity index (χ0) is 23.1. The van der Waals surface area contributed by atoms with E-state index < -0.39 is 11.7 Å². The van der Waals surface area contributed by atoms with E-state index in [4.69, 9.17) is 9.47 Å². The average molecular weight is 446 g/mol. The van der Waals surface area contributed by atoms with Gasteiger partial charge in [0.1, 0.15) is 11.6 Å². The first kappa shape index (κ1) is 20.8. The minimum Gasteiger partial charge on any atom is -0.467 e. The zero-order valence-corrected chi connectivity index (χ0v) is 17.7. The lowest BCUT2D eigenvalue weighted by molar-refractivity contribution is -0.112. The van der Waals surface area contributed by atoms with Gasteiger partial charge in [-0.25, -0.2) is 4.39 Å². The molecule has 33 heavy (non-hydrogen) atoms. The van der Waals surface area contributed by atoms with Crippen molar-refractivity contribution in [3.8, 4) is 5.75 Å². The molecule has 0 saturated carbocycles. The van der Waals surface area contributed by atoms with Crippen molar-refractivity contribution in [1.82, 2.24) is 0 Å². The Morgan fingerprint density at radius 3 is 2.79 bits per heavy atom. The van der Waals surface area contributed by atoms with Gasteiger partial charge < -0.3 is 19.6 Å². The lowest BCUT2D eigenvalue weighted by Crippen LogP contribution is -2.30. The average Bonchev–Trinajstić information content (AvgIpc) is 3.08. The molecule has 0 atom stereocenters. The summed E-state index contributed by atoms with van der Waals surface area (Å²) >= 11 is 0. The number of hydrogen-bond acceptors (Lipinski definition) is 6. The van der Waals surface area contributed by atoms with Crippen LogP contribution < -0.4 is 9.64 Å². The molecular weight excluding hydrogens is 427 g/mol. The maximum atomic E-state index is 14.2. The number of rotatable bonds is 4. The van der Waals surface area contributed by atoms with Crippen molar-refractivity contribution in [3.05, 3.63) is 93.8 Å². The van der Waals surface area contributed by atoms with Crippen LogP contribution in [0.1, 0.15) is 38.2 Å². The fourth-order valence-electron chi connectivity index (χ4n) is 4.24. The highest BCUT2D eigenvalue weighted by atomic mass is 19.1. The maximum Gasteiger partial charge on any atom is 0.281 e.